The number of ether oxygens (including phenoxy) is 2. The summed E-state index contributed by atoms with van der Waals surface area (Å²) in [5.41, 5.74) is -0.157. The van der Waals surface area contributed by atoms with Gasteiger partial charge in [0.2, 0.25) is 5.91 Å². The first-order valence-corrected chi connectivity index (χ1v) is 10.0. The van der Waals surface area contributed by atoms with Crippen LogP contribution in [0, 0.1) is 0 Å². The van der Waals surface area contributed by atoms with E-state index in [9.17, 15) is 27.4 Å². The Morgan fingerprint density at radius 1 is 1.14 bits per heavy atom. The number of carbonyl (C=O) groups is 3. The van der Waals surface area contributed by atoms with Gasteiger partial charge in [-0.3, -0.25) is 14.1 Å². The highest BCUT2D eigenvalue weighted by Gasteiger charge is 2.27. The van der Waals surface area contributed by atoms with Crippen molar-refractivity contribution >= 4 is 44.2 Å². The largest absolute Gasteiger partial charge is 0.452 e. The van der Waals surface area contributed by atoms with Gasteiger partial charge in [-0.1, -0.05) is 30.3 Å². The van der Waals surface area contributed by atoms with Gasteiger partial charge in [0.15, 0.2) is 18.0 Å². The van der Waals surface area contributed by atoms with Crippen LogP contribution >= 0.6 is 0 Å². The lowest BCUT2D eigenvalue weighted by Gasteiger charge is -2.18. The van der Waals surface area contributed by atoms with Crippen molar-refractivity contribution in [2.24, 2.45) is 0 Å². The van der Waals surface area contributed by atoms with E-state index in [4.69, 9.17) is 9.47 Å². The molecule has 10 heteroatoms. The number of anilines is 1. The van der Waals surface area contributed by atoms with E-state index in [2.05, 4.69) is 5.32 Å². The molecule has 0 aliphatic carbocycles. The fourth-order valence-electron chi connectivity index (χ4n) is 2.59. The Bertz CT molecular complexity index is 1050. The molecule has 0 heterocycles. The average molecular weight is 423 g/mol. The highest BCUT2D eigenvalue weighted by Crippen LogP contribution is 2.30. The summed E-state index contributed by atoms with van der Waals surface area (Å²) in [4.78, 5) is 35.5. The third-order valence-electron chi connectivity index (χ3n) is 4.18. The van der Waals surface area contributed by atoms with Crippen molar-refractivity contribution in [3.63, 3.8) is 0 Å². The molecule has 0 saturated heterocycles. The molecule has 2 aromatic rings. The van der Waals surface area contributed by atoms with Gasteiger partial charge in [0.1, 0.15) is 4.90 Å². The second-order valence-electron chi connectivity index (χ2n) is 6.30. The number of esters is 1. The lowest BCUT2D eigenvalue weighted by molar-refractivity contribution is -0.164. The van der Waals surface area contributed by atoms with E-state index in [1.54, 1.807) is 24.3 Å². The molecule has 0 aromatic heterocycles. The fourth-order valence-corrected chi connectivity index (χ4v) is 3.45. The van der Waals surface area contributed by atoms with Crippen LogP contribution in [0.5, 0.6) is 0 Å². The van der Waals surface area contributed by atoms with Gasteiger partial charge < -0.3 is 14.8 Å². The van der Waals surface area contributed by atoms with Crippen LogP contribution in [0.25, 0.3) is 10.8 Å². The molecule has 9 nitrogen and oxygen atoms in total. The number of nitrogens with one attached hydrogen (secondary N) is 1. The van der Waals surface area contributed by atoms with Crippen LogP contribution in [-0.2, 0) is 34.0 Å². The zero-order valence-electron chi connectivity index (χ0n) is 16.0. The first-order valence-electron chi connectivity index (χ1n) is 8.57. The number of rotatable bonds is 8. The Labute approximate surface area is 167 Å². The van der Waals surface area contributed by atoms with Crippen molar-refractivity contribution in [2.45, 2.75) is 37.4 Å². The number of fused-ring (bicyclic) bond motifs is 1. The third kappa shape index (κ3) is 5.59. The second kappa shape index (κ2) is 9.12. The summed E-state index contributed by atoms with van der Waals surface area (Å²) in [6.07, 6.45) is -2.82. The molecular formula is C19H21NO8S. The van der Waals surface area contributed by atoms with Gasteiger partial charge in [-0.05, 0) is 25.3 Å². The summed E-state index contributed by atoms with van der Waals surface area (Å²) in [6, 6.07) is 9.32. The number of Topliss-reactive ketones (excluding diaryl/α,β-unsaturated/α-hetero) is 1. The van der Waals surface area contributed by atoms with Crippen LogP contribution in [0.2, 0.25) is 0 Å². The molecule has 2 aromatic carbocycles. The van der Waals surface area contributed by atoms with Crippen molar-refractivity contribution in [1.29, 1.82) is 0 Å². The molecular weight excluding hydrogens is 402 g/mol. The van der Waals surface area contributed by atoms with Crippen LogP contribution in [0.3, 0.4) is 0 Å². The van der Waals surface area contributed by atoms with Gasteiger partial charge in [0.05, 0.1) is 12.1 Å². The van der Waals surface area contributed by atoms with E-state index < -0.39 is 51.3 Å². The summed E-state index contributed by atoms with van der Waals surface area (Å²) >= 11 is 0. The molecule has 0 fully saturated rings. The molecule has 0 radical (unpaired) electrons. The third-order valence-corrected chi connectivity index (χ3v) is 5.14. The van der Waals surface area contributed by atoms with E-state index in [-0.39, 0.29) is 11.1 Å². The van der Waals surface area contributed by atoms with Gasteiger partial charge >= 0.3 is 5.97 Å². The first-order chi connectivity index (χ1) is 13.5. The Morgan fingerprint density at radius 3 is 2.38 bits per heavy atom. The maximum Gasteiger partial charge on any atom is 0.335 e. The maximum atomic E-state index is 12.4. The van der Waals surface area contributed by atoms with Crippen LogP contribution < -0.4 is 5.32 Å². The molecule has 0 aliphatic rings. The Kier molecular flexibility index (Phi) is 7.07. The molecule has 156 valence electrons. The number of benzene rings is 2. The van der Waals surface area contributed by atoms with Gasteiger partial charge in [-0.25, -0.2) is 4.79 Å². The second-order valence-corrected chi connectivity index (χ2v) is 7.66. The van der Waals surface area contributed by atoms with E-state index >= 15 is 0 Å². The maximum absolute atomic E-state index is 12.4. The lowest BCUT2D eigenvalue weighted by atomic mass is 10.1. The van der Waals surface area contributed by atoms with Gasteiger partial charge in [-0.2, -0.15) is 8.42 Å². The highest BCUT2D eigenvalue weighted by molar-refractivity contribution is 7.86. The van der Waals surface area contributed by atoms with Gasteiger partial charge in [-0.15, -0.1) is 0 Å². The summed E-state index contributed by atoms with van der Waals surface area (Å²) in [5, 5.41) is 3.12. The average Bonchev–Trinajstić information content (AvgIpc) is 2.65. The summed E-state index contributed by atoms with van der Waals surface area (Å²) in [7, 11) is -3.38. The number of hydrogen-bond donors (Lipinski definition) is 2. The Balaban J connectivity index is 2.29. The normalized spacial score (nSPS) is 13.5. The van der Waals surface area contributed by atoms with Crippen molar-refractivity contribution in [1.82, 2.24) is 0 Å². The van der Waals surface area contributed by atoms with Crippen LogP contribution in [0.4, 0.5) is 5.69 Å². The minimum Gasteiger partial charge on any atom is -0.452 e. The summed E-state index contributed by atoms with van der Waals surface area (Å²) < 4.78 is 43.2. The molecule has 0 aliphatic heterocycles. The zero-order valence-corrected chi connectivity index (χ0v) is 16.9. The highest BCUT2D eigenvalue weighted by atomic mass is 32.2. The van der Waals surface area contributed by atoms with Crippen molar-refractivity contribution in [3.05, 3.63) is 36.4 Å². The van der Waals surface area contributed by atoms with Crippen LogP contribution in [0.15, 0.2) is 41.3 Å². The monoisotopic (exact) mass is 423 g/mol. The van der Waals surface area contributed by atoms with Crippen molar-refractivity contribution < 1.29 is 36.8 Å². The van der Waals surface area contributed by atoms with Gasteiger partial charge in [0, 0.05) is 12.5 Å². The Morgan fingerprint density at radius 2 is 1.79 bits per heavy atom. The van der Waals surface area contributed by atoms with E-state index in [0.717, 1.165) is 6.92 Å². The van der Waals surface area contributed by atoms with Crippen molar-refractivity contribution in [2.75, 3.05) is 12.4 Å². The van der Waals surface area contributed by atoms with Crippen LogP contribution in [-0.4, -0.2) is 49.9 Å². The SMILES string of the molecule is COC(C)C(=O)OC(CC(=O)Nc1ccc2ccccc2c1S(=O)(=O)O)C(C)=O. The van der Waals surface area contributed by atoms with E-state index in [0.29, 0.717) is 5.39 Å². The number of hydrogen-bond acceptors (Lipinski definition) is 7. The molecule has 2 rings (SSSR count). The van der Waals surface area contributed by atoms with E-state index in [1.807, 2.05) is 0 Å². The molecule has 0 bridgehead atoms. The van der Waals surface area contributed by atoms with Crippen LogP contribution in [0.1, 0.15) is 20.3 Å². The van der Waals surface area contributed by atoms with E-state index in [1.165, 1.54) is 26.2 Å². The molecule has 0 saturated carbocycles. The zero-order chi connectivity index (χ0) is 21.8. The first kappa shape index (κ1) is 22.5. The predicted molar refractivity (Wildman–Crippen MR) is 104 cm³/mol. The smallest absolute Gasteiger partial charge is 0.335 e. The molecule has 1 amide bonds. The predicted octanol–water partition coefficient (Wildman–Crippen LogP) is 1.95. The number of methoxy groups -OCH3 is 1. The molecule has 2 atom stereocenters. The summed E-state index contributed by atoms with van der Waals surface area (Å²) in [5.74, 6) is -2.15. The fraction of sp³-hybridized carbons (Fsp3) is 0.316. The van der Waals surface area contributed by atoms with Crippen molar-refractivity contribution in [3.8, 4) is 0 Å². The molecule has 29 heavy (non-hydrogen) atoms. The number of ketones is 1. The topological polar surface area (TPSA) is 136 Å². The van der Waals surface area contributed by atoms with Gasteiger partial charge in [0.25, 0.3) is 10.1 Å². The quantitative estimate of drug-likeness (QED) is 0.486. The molecule has 2 N–H and O–H groups in total. The standard InChI is InChI=1S/C19H21NO8S/c1-11(21)16(28-19(23)12(2)27-3)10-17(22)20-15-9-8-13-6-4-5-7-14(13)18(15)29(24,25)26/h4-9,12,16H,10H2,1-3H3,(H,20,22)(H,24,25,26). The molecule has 0 spiro atoms. The minimum absolute atomic E-state index is 0.157. The Hall–Kier alpha value is -2.82. The summed E-state index contributed by atoms with van der Waals surface area (Å²) in [6.45, 7) is 2.58. The molecule has 2 unspecified atom stereocenters. The lowest BCUT2D eigenvalue weighted by Crippen LogP contribution is -2.34. The number of carbonyl (C=O) groups excluding carboxylic acids is 3. The minimum atomic E-state index is -4.67. The number of amides is 1.